The van der Waals surface area contributed by atoms with Crippen LogP contribution in [0.25, 0.3) is 0 Å². The smallest absolute Gasteiger partial charge is 0.0540 e. The van der Waals surface area contributed by atoms with Gasteiger partial charge in [-0.2, -0.15) is 0 Å². The van der Waals surface area contributed by atoms with Gasteiger partial charge < -0.3 is 15.3 Å². The zero-order valence-corrected chi connectivity index (χ0v) is 7.58. The predicted octanol–water partition coefficient (Wildman–Crippen LogP) is 0.672. The van der Waals surface area contributed by atoms with Crippen LogP contribution in [0, 0.1) is 0 Å². The third-order valence-electron chi connectivity index (χ3n) is 1.89. The second kappa shape index (κ2) is 8.97. The lowest BCUT2D eigenvalue weighted by Crippen LogP contribution is -2.06. The lowest BCUT2D eigenvalue weighted by molar-refractivity contribution is 0.141. The maximum atomic E-state index is 9.34. The van der Waals surface area contributed by atoms with Gasteiger partial charge in [-0.3, -0.25) is 0 Å². The van der Waals surface area contributed by atoms with Crippen molar-refractivity contribution in [1.82, 2.24) is 0 Å². The van der Waals surface area contributed by atoms with Gasteiger partial charge >= 0.3 is 0 Å². The largest absolute Gasteiger partial charge is 0.396 e. The molecule has 0 saturated carbocycles. The van der Waals surface area contributed by atoms with E-state index >= 15 is 0 Å². The van der Waals surface area contributed by atoms with Gasteiger partial charge in [-0.05, 0) is 38.5 Å². The Morgan fingerprint density at radius 3 is 1.50 bits per heavy atom. The van der Waals surface area contributed by atoms with Crippen molar-refractivity contribution in [2.24, 2.45) is 0 Å². The average molecular weight is 176 g/mol. The summed E-state index contributed by atoms with van der Waals surface area (Å²) in [6, 6.07) is 0. The molecule has 0 saturated heterocycles. The summed E-state index contributed by atoms with van der Waals surface area (Å²) in [5, 5.41) is 26.3. The minimum Gasteiger partial charge on any atom is -0.396 e. The Morgan fingerprint density at radius 2 is 1.17 bits per heavy atom. The maximum absolute atomic E-state index is 9.34. The highest BCUT2D eigenvalue weighted by Crippen LogP contribution is 2.07. The molecule has 0 spiro atoms. The lowest BCUT2D eigenvalue weighted by Gasteiger charge is -2.08. The number of hydrogen-bond acceptors (Lipinski definition) is 3. The van der Waals surface area contributed by atoms with Crippen LogP contribution in [0.4, 0.5) is 0 Å². The van der Waals surface area contributed by atoms with E-state index in [0.29, 0.717) is 0 Å². The van der Waals surface area contributed by atoms with Gasteiger partial charge in [0.1, 0.15) is 0 Å². The van der Waals surface area contributed by atoms with Crippen LogP contribution in [0.2, 0.25) is 0 Å². The van der Waals surface area contributed by atoms with Crippen molar-refractivity contribution in [3.05, 3.63) is 0 Å². The molecule has 0 aliphatic heterocycles. The summed E-state index contributed by atoms with van der Waals surface area (Å²) in [6.07, 6.45) is 4.61. The fourth-order valence-electron chi connectivity index (χ4n) is 1.13. The third kappa shape index (κ3) is 7.98. The Bertz CT molecular complexity index is 75.8. The van der Waals surface area contributed by atoms with E-state index in [4.69, 9.17) is 10.2 Å². The molecule has 0 aliphatic carbocycles. The first-order chi connectivity index (χ1) is 5.81. The van der Waals surface area contributed by atoms with Gasteiger partial charge in [0.05, 0.1) is 6.10 Å². The standard InChI is InChI=1S/C9H20O3/c10-7-3-1-5-9(12)6-2-4-8-11/h9-12H,1-8H2. The molecule has 0 aromatic heterocycles. The van der Waals surface area contributed by atoms with E-state index < -0.39 is 0 Å². The first kappa shape index (κ1) is 11.9. The molecule has 0 radical (unpaired) electrons. The third-order valence-corrected chi connectivity index (χ3v) is 1.89. The van der Waals surface area contributed by atoms with Crippen molar-refractivity contribution >= 4 is 0 Å². The fraction of sp³-hybridized carbons (Fsp3) is 1.00. The molecule has 0 atom stereocenters. The average Bonchev–Trinajstić information content (AvgIpc) is 2.06. The van der Waals surface area contributed by atoms with Crippen molar-refractivity contribution in [3.8, 4) is 0 Å². The molecule has 0 unspecified atom stereocenters. The summed E-state index contributed by atoms with van der Waals surface area (Å²) in [5.41, 5.74) is 0. The van der Waals surface area contributed by atoms with Gasteiger partial charge in [-0.15, -0.1) is 0 Å². The molecule has 0 aliphatic rings. The topological polar surface area (TPSA) is 60.7 Å². The summed E-state index contributed by atoms with van der Waals surface area (Å²) < 4.78 is 0. The first-order valence-electron chi connectivity index (χ1n) is 4.71. The molecule has 0 fully saturated rings. The zero-order chi connectivity index (χ0) is 9.23. The quantitative estimate of drug-likeness (QED) is 0.476. The molecule has 0 bridgehead atoms. The summed E-state index contributed by atoms with van der Waals surface area (Å²) in [5.74, 6) is 0. The zero-order valence-electron chi connectivity index (χ0n) is 7.58. The van der Waals surface area contributed by atoms with E-state index in [1.54, 1.807) is 0 Å². The molecule has 3 heteroatoms. The molecule has 3 N–H and O–H groups in total. The maximum Gasteiger partial charge on any atom is 0.0540 e. The molecule has 0 aromatic rings. The monoisotopic (exact) mass is 176 g/mol. The normalized spacial score (nSPS) is 11.0. The molecule has 0 heterocycles. The Labute approximate surface area is 74.0 Å². The van der Waals surface area contributed by atoms with Gasteiger partial charge in [-0.25, -0.2) is 0 Å². The van der Waals surface area contributed by atoms with E-state index in [1.165, 1.54) is 0 Å². The molecule has 3 nitrogen and oxygen atoms in total. The first-order valence-corrected chi connectivity index (χ1v) is 4.71. The van der Waals surface area contributed by atoms with Gasteiger partial charge in [0.2, 0.25) is 0 Å². The molecule has 0 aromatic carbocycles. The number of unbranched alkanes of at least 4 members (excludes halogenated alkanes) is 2. The van der Waals surface area contributed by atoms with Crippen molar-refractivity contribution in [2.75, 3.05) is 13.2 Å². The van der Waals surface area contributed by atoms with Gasteiger partial charge in [-0.1, -0.05) is 0 Å². The predicted molar refractivity (Wildman–Crippen MR) is 47.9 cm³/mol. The fourth-order valence-corrected chi connectivity index (χ4v) is 1.13. The van der Waals surface area contributed by atoms with Crippen molar-refractivity contribution in [2.45, 2.75) is 44.6 Å². The highest BCUT2D eigenvalue weighted by atomic mass is 16.3. The molecule has 12 heavy (non-hydrogen) atoms. The van der Waals surface area contributed by atoms with Crippen LogP contribution in [0.15, 0.2) is 0 Å². The van der Waals surface area contributed by atoms with Crippen LogP contribution in [0.3, 0.4) is 0 Å². The van der Waals surface area contributed by atoms with Crippen LogP contribution < -0.4 is 0 Å². The van der Waals surface area contributed by atoms with Crippen LogP contribution >= 0.6 is 0 Å². The Balaban J connectivity index is 3.04. The van der Waals surface area contributed by atoms with Gasteiger partial charge in [0.15, 0.2) is 0 Å². The van der Waals surface area contributed by atoms with Crippen LogP contribution in [0.5, 0.6) is 0 Å². The summed E-state index contributed by atoms with van der Waals surface area (Å²) in [6.45, 7) is 0.423. The van der Waals surface area contributed by atoms with Crippen molar-refractivity contribution in [1.29, 1.82) is 0 Å². The van der Waals surface area contributed by atoms with Gasteiger partial charge in [0, 0.05) is 13.2 Å². The van der Waals surface area contributed by atoms with Crippen molar-refractivity contribution in [3.63, 3.8) is 0 Å². The molecule has 0 rings (SSSR count). The summed E-state index contributed by atoms with van der Waals surface area (Å²) in [7, 11) is 0. The highest BCUT2D eigenvalue weighted by Gasteiger charge is 2.02. The molecular weight excluding hydrogens is 156 g/mol. The molecule has 0 amide bonds. The Hall–Kier alpha value is -0.120. The SMILES string of the molecule is OCCCCC(O)CCCCO. The van der Waals surface area contributed by atoms with Crippen LogP contribution in [-0.2, 0) is 0 Å². The van der Waals surface area contributed by atoms with E-state index in [2.05, 4.69) is 0 Å². The van der Waals surface area contributed by atoms with Crippen LogP contribution in [-0.4, -0.2) is 34.6 Å². The van der Waals surface area contributed by atoms with E-state index in [1.807, 2.05) is 0 Å². The number of aliphatic hydroxyl groups excluding tert-OH is 3. The second-order valence-corrected chi connectivity index (χ2v) is 3.09. The second-order valence-electron chi connectivity index (χ2n) is 3.09. The Morgan fingerprint density at radius 1 is 0.750 bits per heavy atom. The summed E-state index contributed by atoms with van der Waals surface area (Å²) in [4.78, 5) is 0. The summed E-state index contributed by atoms with van der Waals surface area (Å²) >= 11 is 0. The number of aliphatic hydroxyl groups is 3. The van der Waals surface area contributed by atoms with E-state index in [9.17, 15) is 5.11 Å². The van der Waals surface area contributed by atoms with Gasteiger partial charge in [0.25, 0.3) is 0 Å². The van der Waals surface area contributed by atoms with E-state index in [0.717, 1.165) is 38.5 Å². The molecule has 74 valence electrons. The lowest BCUT2D eigenvalue weighted by atomic mass is 10.1. The minimum absolute atomic E-state index is 0.212. The Kier molecular flexibility index (Phi) is 8.88. The molecular formula is C9H20O3. The number of rotatable bonds is 8. The minimum atomic E-state index is -0.247. The highest BCUT2D eigenvalue weighted by molar-refractivity contribution is 4.55. The van der Waals surface area contributed by atoms with Crippen molar-refractivity contribution < 1.29 is 15.3 Å². The van der Waals surface area contributed by atoms with Crippen LogP contribution in [0.1, 0.15) is 38.5 Å². The number of hydrogen-bond donors (Lipinski definition) is 3. The van der Waals surface area contributed by atoms with E-state index in [-0.39, 0.29) is 19.3 Å².